The van der Waals surface area contributed by atoms with Gasteiger partial charge in [0, 0.05) is 12.8 Å². The van der Waals surface area contributed by atoms with Crippen LogP contribution in [0, 0.1) is 0 Å². The first-order valence-corrected chi connectivity index (χ1v) is 25.8. The van der Waals surface area contributed by atoms with Crippen LogP contribution in [0.15, 0.2) is 36.5 Å². The molecule has 0 spiro atoms. The summed E-state index contributed by atoms with van der Waals surface area (Å²) in [5, 5.41) is 23.0. The Hall–Kier alpha value is -1.92. The fourth-order valence-corrected chi connectivity index (χ4v) is 7.66. The van der Waals surface area contributed by atoms with Crippen LogP contribution in [-0.2, 0) is 14.3 Å². The largest absolute Gasteiger partial charge is 0.466 e. The number of hydrogen-bond acceptors (Lipinski definition) is 5. The third kappa shape index (κ3) is 45.4. The van der Waals surface area contributed by atoms with Gasteiger partial charge < -0.3 is 20.3 Å². The molecule has 59 heavy (non-hydrogen) atoms. The molecule has 0 bridgehead atoms. The molecule has 0 aromatic carbocycles. The Kier molecular flexibility index (Phi) is 47.2. The number of unbranched alkanes of at least 4 members (excludes halogenated alkanes) is 32. The van der Waals surface area contributed by atoms with Gasteiger partial charge in [-0.1, -0.05) is 224 Å². The van der Waals surface area contributed by atoms with Crippen LogP contribution < -0.4 is 5.32 Å². The number of carbonyl (C=O) groups excluding carboxylic acids is 2. The molecule has 6 nitrogen and oxygen atoms in total. The van der Waals surface area contributed by atoms with E-state index in [0.717, 1.165) is 64.2 Å². The number of allylic oxidation sites excluding steroid dienone is 5. The van der Waals surface area contributed by atoms with Crippen molar-refractivity contribution in [2.24, 2.45) is 0 Å². The molecule has 1 amide bonds. The van der Waals surface area contributed by atoms with Gasteiger partial charge in [0.1, 0.15) is 0 Å². The molecule has 2 unspecified atom stereocenters. The second-order valence-corrected chi connectivity index (χ2v) is 17.5. The first-order valence-electron chi connectivity index (χ1n) is 25.8. The summed E-state index contributed by atoms with van der Waals surface area (Å²) >= 11 is 0. The van der Waals surface area contributed by atoms with E-state index in [1.54, 1.807) is 6.08 Å². The molecule has 0 aromatic heterocycles. The number of aliphatic hydroxyl groups excluding tert-OH is 2. The van der Waals surface area contributed by atoms with Crippen LogP contribution in [-0.4, -0.2) is 47.4 Å². The van der Waals surface area contributed by atoms with Gasteiger partial charge in [0.2, 0.25) is 5.91 Å². The quantitative estimate of drug-likeness (QED) is 0.0323. The molecule has 0 aromatic rings. The lowest BCUT2D eigenvalue weighted by molar-refractivity contribution is -0.143. The summed E-state index contributed by atoms with van der Waals surface area (Å²) in [6.07, 6.45) is 58.5. The van der Waals surface area contributed by atoms with E-state index >= 15 is 0 Å². The van der Waals surface area contributed by atoms with Crippen LogP contribution in [0.5, 0.6) is 0 Å². The highest BCUT2D eigenvalue weighted by atomic mass is 16.5. The Morgan fingerprint density at radius 1 is 0.475 bits per heavy atom. The normalized spacial score (nSPS) is 12.9. The summed E-state index contributed by atoms with van der Waals surface area (Å²) in [6.45, 7) is 4.83. The second kappa shape index (κ2) is 48.7. The number of esters is 1. The molecule has 0 rings (SSSR count). The van der Waals surface area contributed by atoms with Crippen molar-refractivity contribution in [2.75, 3.05) is 13.2 Å². The van der Waals surface area contributed by atoms with E-state index in [4.69, 9.17) is 4.74 Å². The van der Waals surface area contributed by atoms with Gasteiger partial charge in [-0.05, 0) is 64.2 Å². The summed E-state index contributed by atoms with van der Waals surface area (Å²) in [5.74, 6) is -0.112. The smallest absolute Gasteiger partial charge is 0.305 e. The maximum Gasteiger partial charge on any atom is 0.305 e. The SMILES string of the molecule is CCCCCC/C=C\C/C=C\CCCCCCCCCC(=O)OCCCCCCCCCCCCCC(=O)NC(CO)C(O)/C=C/CCCCCCCCCCCCC. The summed E-state index contributed by atoms with van der Waals surface area (Å²) in [4.78, 5) is 24.5. The van der Waals surface area contributed by atoms with Gasteiger partial charge in [0.25, 0.3) is 0 Å². The van der Waals surface area contributed by atoms with Crippen molar-refractivity contribution in [3.8, 4) is 0 Å². The van der Waals surface area contributed by atoms with Gasteiger partial charge in [0.05, 0.1) is 25.4 Å². The number of ether oxygens (including phenoxy) is 1. The second-order valence-electron chi connectivity index (χ2n) is 17.5. The van der Waals surface area contributed by atoms with Crippen molar-refractivity contribution >= 4 is 11.9 Å². The molecular formula is C53H99NO5. The van der Waals surface area contributed by atoms with Gasteiger partial charge in [-0.15, -0.1) is 0 Å². The van der Waals surface area contributed by atoms with Crippen LogP contribution in [0.1, 0.15) is 264 Å². The number of nitrogens with one attached hydrogen (secondary N) is 1. The molecule has 3 N–H and O–H groups in total. The van der Waals surface area contributed by atoms with Crippen molar-refractivity contribution in [3.63, 3.8) is 0 Å². The summed E-state index contributed by atoms with van der Waals surface area (Å²) in [6, 6.07) is -0.642. The van der Waals surface area contributed by atoms with Gasteiger partial charge in [-0.2, -0.15) is 0 Å². The van der Waals surface area contributed by atoms with E-state index in [1.807, 2.05) is 6.08 Å². The van der Waals surface area contributed by atoms with Gasteiger partial charge >= 0.3 is 5.97 Å². The number of amides is 1. The molecule has 0 saturated carbocycles. The fraction of sp³-hybridized carbons (Fsp3) is 0.849. The molecule has 0 radical (unpaired) electrons. The van der Waals surface area contributed by atoms with Crippen molar-refractivity contribution in [1.29, 1.82) is 0 Å². The molecule has 0 fully saturated rings. The highest BCUT2D eigenvalue weighted by Crippen LogP contribution is 2.15. The Balaban J connectivity index is 3.50. The molecule has 6 heteroatoms. The average molecular weight is 830 g/mol. The van der Waals surface area contributed by atoms with Crippen LogP contribution in [0.25, 0.3) is 0 Å². The Morgan fingerprint density at radius 2 is 0.847 bits per heavy atom. The minimum absolute atomic E-state index is 0.0234. The molecule has 346 valence electrons. The molecule has 0 heterocycles. The summed E-state index contributed by atoms with van der Waals surface area (Å²) < 4.78 is 5.46. The monoisotopic (exact) mass is 830 g/mol. The zero-order chi connectivity index (χ0) is 43.0. The molecule has 2 atom stereocenters. The zero-order valence-electron chi connectivity index (χ0n) is 39.2. The van der Waals surface area contributed by atoms with Gasteiger partial charge in [0.15, 0.2) is 0 Å². The van der Waals surface area contributed by atoms with Crippen molar-refractivity contribution in [3.05, 3.63) is 36.5 Å². The number of rotatable bonds is 47. The highest BCUT2D eigenvalue weighted by molar-refractivity contribution is 5.76. The third-order valence-corrected chi connectivity index (χ3v) is 11.7. The standard InChI is InChI=1S/C53H99NO5/c1-3-5-7-9-11-13-15-17-18-19-20-21-23-27-31-35-39-43-47-53(58)59-48-44-40-36-32-28-24-26-30-34-38-42-46-52(57)54-50(49-55)51(56)45-41-37-33-29-25-22-16-14-12-10-8-6-4-2/h13,15,18-19,41,45,50-51,55-56H,3-12,14,16-17,20-40,42-44,46-49H2,1-2H3,(H,54,57)/b15-13-,19-18-,45-41+. The minimum atomic E-state index is -0.856. The molecule has 0 aliphatic rings. The molecule has 0 aliphatic heterocycles. The lowest BCUT2D eigenvalue weighted by Gasteiger charge is -2.20. The van der Waals surface area contributed by atoms with E-state index in [1.165, 1.54) is 173 Å². The Bertz CT molecular complexity index is 962. The predicted octanol–water partition coefficient (Wildman–Crippen LogP) is 15.3. The average Bonchev–Trinajstić information content (AvgIpc) is 3.24. The van der Waals surface area contributed by atoms with Gasteiger partial charge in [-0.25, -0.2) is 0 Å². The van der Waals surface area contributed by atoms with Crippen LogP contribution in [0.2, 0.25) is 0 Å². The molecule has 0 saturated heterocycles. The van der Waals surface area contributed by atoms with Crippen LogP contribution >= 0.6 is 0 Å². The lowest BCUT2D eigenvalue weighted by Crippen LogP contribution is -2.45. The maximum atomic E-state index is 12.4. The van der Waals surface area contributed by atoms with E-state index < -0.39 is 12.1 Å². The highest BCUT2D eigenvalue weighted by Gasteiger charge is 2.18. The summed E-state index contributed by atoms with van der Waals surface area (Å²) in [7, 11) is 0. The maximum absolute atomic E-state index is 12.4. The molecule has 0 aliphatic carbocycles. The predicted molar refractivity (Wildman–Crippen MR) is 255 cm³/mol. The van der Waals surface area contributed by atoms with Crippen LogP contribution in [0.3, 0.4) is 0 Å². The van der Waals surface area contributed by atoms with E-state index in [0.29, 0.717) is 19.4 Å². The number of hydrogen-bond donors (Lipinski definition) is 3. The summed E-state index contributed by atoms with van der Waals surface area (Å²) in [5.41, 5.74) is 0. The first-order chi connectivity index (χ1) is 29.0. The first kappa shape index (κ1) is 57.1. The Labute approximate surface area is 366 Å². The topological polar surface area (TPSA) is 95.9 Å². The van der Waals surface area contributed by atoms with E-state index in [2.05, 4.69) is 43.5 Å². The van der Waals surface area contributed by atoms with E-state index in [-0.39, 0.29) is 18.5 Å². The fourth-order valence-electron chi connectivity index (χ4n) is 7.66. The van der Waals surface area contributed by atoms with Crippen LogP contribution in [0.4, 0.5) is 0 Å². The van der Waals surface area contributed by atoms with Crippen molar-refractivity contribution in [1.82, 2.24) is 5.32 Å². The number of aliphatic hydroxyl groups is 2. The van der Waals surface area contributed by atoms with Gasteiger partial charge in [-0.3, -0.25) is 9.59 Å². The van der Waals surface area contributed by atoms with Crippen molar-refractivity contribution in [2.45, 2.75) is 276 Å². The third-order valence-electron chi connectivity index (χ3n) is 11.7. The molecular weight excluding hydrogens is 731 g/mol. The lowest BCUT2D eigenvalue weighted by atomic mass is 10.0. The van der Waals surface area contributed by atoms with Crippen molar-refractivity contribution < 1.29 is 24.5 Å². The zero-order valence-corrected chi connectivity index (χ0v) is 39.2. The minimum Gasteiger partial charge on any atom is -0.466 e. The Morgan fingerprint density at radius 3 is 1.31 bits per heavy atom. The number of carbonyl (C=O) groups is 2. The van der Waals surface area contributed by atoms with E-state index in [9.17, 15) is 19.8 Å².